The maximum absolute atomic E-state index is 12.5. The third kappa shape index (κ3) is 3.96. The van der Waals surface area contributed by atoms with E-state index in [0.29, 0.717) is 23.8 Å². The fourth-order valence-electron chi connectivity index (χ4n) is 3.51. The predicted octanol–water partition coefficient (Wildman–Crippen LogP) is 2.50. The predicted molar refractivity (Wildman–Crippen MR) is 102 cm³/mol. The molecule has 2 amide bonds. The van der Waals surface area contributed by atoms with Crippen LogP contribution in [-0.4, -0.2) is 53.4 Å². The molecule has 2 heterocycles. The van der Waals surface area contributed by atoms with Crippen LogP contribution in [0.5, 0.6) is 0 Å². The van der Waals surface area contributed by atoms with Crippen molar-refractivity contribution in [2.45, 2.75) is 18.9 Å². The smallest absolute Gasteiger partial charge is 0.253 e. The van der Waals surface area contributed by atoms with Crippen LogP contribution in [0.1, 0.15) is 34.9 Å². The maximum Gasteiger partial charge on any atom is 0.253 e. The van der Waals surface area contributed by atoms with Crippen LogP contribution in [0.25, 0.3) is 0 Å². The van der Waals surface area contributed by atoms with Gasteiger partial charge in [-0.1, -0.05) is 0 Å². The molecule has 2 aromatic rings. The number of aromatic nitrogens is 1. The number of likely N-dealkylation sites (tertiary alicyclic amines) is 1. The Balaban J connectivity index is 1.60. The molecule has 6 nitrogen and oxygen atoms in total. The van der Waals surface area contributed by atoms with Crippen LogP contribution >= 0.6 is 0 Å². The number of nitrogens with one attached hydrogen (secondary N) is 1. The van der Waals surface area contributed by atoms with Crippen molar-refractivity contribution in [2.75, 3.05) is 32.5 Å². The number of carbonyl (C=O) groups is 2. The largest absolute Gasteiger partial charge is 0.353 e. The van der Waals surface area contributed by atoms with Gasteiger partial charge in [-0.25, -0.2) is 0 Å². The van der Waals surface area contributed by atoms with Crippen molar-refractivity contribution in [3.8, 4) is 0 Å². The molecule has 0 radical (unpaired) electrons. The van der Waals surface area contributed by atoms with E-state index in [1.165, 1.54) is 10.6 Å². The molecular formula is C20H26N4O2. The van der Waals surface area contributed by atoms with Crippen LogP contribution < -0.4 is 5.32 Å². The van der Waals surface area contributed by atoms with Crippen molar-refractivity contribution in [3.63, 3.8) is 0 Å². The molecule has 26 heavy (non-hydrogen) atoms. The molecule has 1 aliphatic heterocycles. The highest BCUT2D eigenvalue weighted by Crippen LogP contribution is 2.31. The first-order valence-corrected chi connectivity index (χ1v) is 8.92. The molecule has 0 bridgehead atoms. The van der Waals surface area contributed by atoms with Gasteiger partial charge in [0.15, 0.2) is 0 Å². The van der Waals surface area contributed by atoms with Crippen LogP contribution in [0.4, 0.5) is 5.69 Å². The van der Waals surface area contributed by atoms with E-state index in [4.69, 9.17) is 0 Å². The first kappa shape index (κ1) is 18.2. The SMILES string of the molecule is CN(C)C(=O)c1ccc(NC(=O)CN2CCC[C@@H]2c2cccn2C)cc1. The molecule has 0 saturated carbocycles. The zero-order chi connectivity index (χ0) is 18.7. The lowest BCUT2D eigenvalue weighted by molar-refractivity contribution is -0.117. The summed E-state index contributed by atoms with van der Waals surface area (Å²) < 4.78 is 2.13. The van der Waals surface area contributed by atoms with Crippen LogP contribution in [-0.2, 0) is 11.8 Å². The van der Waals surface area contributed by atoms with Crippen LogP contribution in [0.3, 0.4) is 0 Å². The monoisotopic (exact) mass is 354 g/mol. The van der Waals surface area contributed by atoms with Gasteiger partial charge in [0.1, 0.15) is 0 Å². The van der Waals surface area contributed by atoms with E-state index in [-0.39, 0.29) is 11.8 Å². The molecule has 1 saturated heterocycles. The van der Waals surface area contributed by atoms with Gasteiger partial charge in [-0.15, -0.1) is 0 Å². The second kappa shape index (κ2) is 7.74. The zero-order valence-corrected chi connectivity index (χ0v) is 15.6. The average Bonchev–Trinajstić information content (AvgIpc) is 3.23. The normalized spacial score (nSPS) is 17.3. The number of rotatable bonds is 5. The van der Waals surface area contributed by atoms with Crippen molar-refractivity contribution in [1.82, 2.24) is 14.4 Å². The molecule has 0 aliphatic carbocycles. The highest BCUT2D eigenvalue weighted by Gasteiger charge is 2.28. The van der Waals surface area contributed by atoms with E-state index in [1.54, 1.807) is 38.4 Å². The fraction of sp³-hybridized carbons (Fsp3) is 0.400. The van der Waals surface area contributed by atoms with E-state index in [2.05, 4.69) is 20.9 Å². The number of amides is 2. The van der Waals surface area contributed by atoms with Gasteiger partial charge in [0.2, 0.25) is 5.91 Å². The lowest BCUT2D eigenvalue weighted by Crippen LogP contribution is -2.33. The lowest BCUT2D eigenvalue weighted by atomic mass is 10.1. The van der Waals surface area contributed by atoms with Crippen molar-refractivity contribution in [1.29, 1.82) is 0 Å². The van der Waals surface area contributed by atoms with Gasteiger partial charge in [-0.3, -0.25) is 14.5 Å². The fourth-order valence-corrected chi connectivity index (χ4v) is 3.51. The van der Waals surface area contributed by atoms with Gasteiger partial charge in [-0.2, -0.15) is 0 Å². The van der Waals surface area contributed by atoms with E-state index in [9.17, 15) is 9.59 Å². The minimum Gasteiger partial charge on any atom is -0.353 e. The second-order valence-electron chi connectivity index (χ2n) is 7.00. The Morgan fingerprint density at radius 2 is 1.92 bits per heavy atom. The molecule has 3 rings (SSSR count). The van der Waals surface area contributed by atoms with Crippen LogP contribution in [0.15, 0.2) is 42.6 Å². The molecule has 138 valence electrons. The Morgan fingerprint density at radius 1 is 1.19 bits per heavy atom. The van der Waals surface area contributed by atoms with E-state index >= 15 is 0 Å². The summed E-state index contributed by atoms with van der Waals surface area (Å²) in [5.41, 5.74) is 2.57. The summed E-state index contributed by atoms with van der Waals surface area (Å²) >= 11 is 0. The summed E-state index contributed by atoms with van der Waals surface area (Å²) in [5.74, 6) is -0.0804. The number of hydrogen-bond acceptors (Lipinski definition) is 3. The van der Waals surface area contributed by atoms with Gasteiger partial charge in [0.05, 0.1) is 12.6 Å². The standard InChI is InChI=1S/C20H26N4O2/c1-22(2)20(26)15-8-10-16(11-9-15)21-19(25)14-24-13-5-7-18(24)17-6-4-12-23(17)3/h4,6,8-12,18H,5,7,13-14H2,1-3H3,(H,21,25)/t18-/m1/s1. The number of benzene rings is 1. The third-order valence-electron chi connectivity index (χ3n) is 4.86. The highest BCUT2D eigenvalue weighted by atomic mass is 16.2. The Hall–Kier alpha value is -2.60. The summed E-state index contributed by atoms with van der Waals surface area (Å²) in [6.45, 7) is 1.30. The summed E-state index contributed by atoms with van der Waals surface area (Å²) in [4.78, 5) is 28.1. The van der Waals surface area contributed by atoms with Gasteiger partial charge in [-0.05, 0) is 55.8 Å². The number of hydrogen-bond donors (Lipinski definition) is 1. The van der Waals surface area contributed by atoms with Crippen LogP contribution in [0, 0.1) is 0 Å². The average molecular weight is 354 g/mol. The molecule has 1 N–H and O–H groups in total. The summed E-state index contributed by atoms with van der Waals surface area (Å²) in [6, 6.07) is 11.5. The molecule has 0 unspecified atom stereocenters. The molecule has 1 aromatic heterocycles. The van der Waals surface area contributed by atoms with Gasteiger partial charge < -0.3 is 14.8 Å². The Bertz CT molecular complexity index is 779. The Kier molecular flexibility index (Phi) is 5.42. The van der Waals surface area contributed by atoms with E-state index < -0.39 is 0 Å². The first-order valence-electron chi connectivity index (χ1n) is 8.92. The van der Waals surface area contributed by atoms with Crippen molar-refractivity contribution in [3.05, 3.63) is 53.9 Å². The summed E-state index contributed by atoms with van der Waals surface area (Å²) in [7, 11) is 5.48. The van der Waals surface area contributed by atoms with Crippen molar-refractivity contribution < 1.29 is 9.59 Å². The van der Waals surface area contributed by atoms with Crippen LogP contribution in [0.2, 0.25) is 0 Å². The molecule has 1 atom stereocenters. The topological polar surface area (TPSA) is 57.6 Å². The van der Waals surface area contributed by atoms with Crippen molar-refractivity contribution in [2.24, 2.45) is 7.05 Å². The molecule has 0 spiro atoms. The van der Waals surface area contributed by atoms with Gasteiger partial charge >= 0.3 is 0 Å². The number of aryl methyl sites for hydroxylation is 1. The second-order valence-corrected chi connectivity index (χ2v) is 7.00. The quantitative estimate of drug-likeness (QED) is 0.898. The van der Waals surface area contributed by atoms with Gasteiger partial charge in [0.25, 0.3) is 5.91 Å². The van der Waals surface area contributed by atoms with E-state index in [0.717, 1.165) is 19.4 Å². The van der Waals surface area contributed by atoms with Gasteiger partial charge in [0, 0.05) is 44.3 Å². The third-order valence-corrected chi connectivity index (χ3v) is 4.86. The summed E-state index contributed by atoms with van der Waals surface area (Å²) in [5, 5.41) is 2.93. The number of carbonyl (C=O) groups excluding carboxylic acids is 2. The minimum absolute atomic E-state index is 0.0298. The van der Waals surface area contributed by atoms with Crippen molar-refractivity contribution >= 4 is 17.5 Å². The molecule has 1 aliphatic rings. The molecule has 6 heteroatoms. The van der Waals surface area contributed by atoms with E-state index in [1.807, 2.05) is 19.3 Å². The summed E-state index contributed by atoms with van der Waals surface area (Å²) in [6.07, 6.45) is 4.22. The lowest BCUT2D eigenvalue weighted by Gasteiger charge is -2.24. The highest BCUT2D eigenvalue weighted by molar-refractivity contribution is 5.96. The Morgan fingerprint density at radius 3 is 2.54 bits per heavy atom. The molecular weight excluding hydrogens is 328 g/mol. The molecule has 1 fully saturated rings. The minimum atomic E-state index is -0.0506. The first-order chi connectivity index (χ1) is 12.5. The zero-order valence-electron chi connectivity index (χ0n) is 15.6. The Labute approximate surface area is 154 Å². The maximum atomic E-state index is 12.5. The number of nitrogens with zero attached hydrogens (tertiary/aromatic N) is 3. The molecule has 1 aromatic carbocycles. The number of anilines is 1.